The van der Waals surface area contributed by atoms with Gasteiger partial charge in [-0.15, -0.1) is 22.7 Å². The lowest BCUT2D eigenvalue weighted by molar-refractivity contribution is 0.670. The molecule has 0 spiro atoms. The Morgan fingerprint density at radius 1 is 1.12 bits per heavy atom. The molecule has 0 N–H and O–H groups in total. The van der Waals surface area contributed by atoms with Gasteiger partial charge in [0, 0.05) is 15.3 Å². The highest BCUT2D eigenvalue weighted by Crippen LogP contribution is 2.37. The van der Waals surface area contributed by atoms with Gasteiger partial charge in [0.25, 0.3) is 0 Å². The van der Waals surface area contributed by atoms with Crippen LogP contribution in [0.1, 0.15) is 37.5 Å². The smallest absolute Gasteiger partial charge is 0.0784 e. The maximum absolute atomic E-state index is 3.61. The van der Waals surface area contributed by atoms with Crippen LogP contribution in [0.2, 0.25) is 0 Å². The Hall–Kier alpha value is -0.120. The van der Waals surface area contributed by atoms with Gasteiger partial charge in [-0.25, -0.2) is 0 Å². The molecule has 0 fully saturated rings. The van der Waals surface area contributed by atoms with Crippen LogP contribution in [0.5, 0.6) is 0 Å². The maximum atomic E-state index is 3.61. The van der Waals surface area contributed by atoms with Gasteiger partial charge in [-0.05, 0) is 52.4 Å². The zero-order chi connectivity index (χ0) is 12.1. The van der Waals surface area contributed by atoms with E-state index in [4.69, 9.17) is 0 Å². The van der Waals surface area contributed by atoms with Crippen molar-refractivity contribution in [2.24, 2.45) is 0 Å². The van der Waals surface area contributed by atoms with Gasteiger partial charge in [-0.3, -0.25) is 0 Å². The third kappa shape index (κ3) is 3.67. The molecule has 0 atom stereocenters. The van der Waals surface area contributed by atoms with Crippen LogP contribution in [0.3, 0.4) is 0 Å². The second kappa shape index (κ2) is 6.72. The van der Waals surface area contributed by atoms with Crippen LogP contribution in [0.4, 0.5) is 0 Å². The molecule has 2 heterocycles. The summed E-state index contributed by atoms with van der Waals surface area (Å²) < 4.78 is 1.25. The summed E-state index contributed by atoms with van der Waals surface area (Å²) in [6.45, 7) is 2.26. The van der Waals surface area contributed by atoms with E-state index in [0.29, 0.717) is 0 Å². The molecule has 0 nitrogen and oxygen atoms in total. The zero-order valence-corrected chi connectivity index (χ0v) is 13.3. The van der Waals surface area contributed by atoms with Gasteiger partial charge in [0.15, 0.2) is 0 Å². The van der Waals surface area contributed by atoms with Crippen LogP contribution in [-0.2, 0) is 6.42 Å². The lowest BCUT2D eigenvalue weighted by Gasteiger charge is -1.97. The van der Waals surface area contributed by atoms with Crippen molar-refractivity contribution in [3.63, 3.8) is 0 Å². The number of thiophene rings is 2. The van der Waals surface area contributed by atoms with Gasteiger partial charge in [0.1, 0.15) is 0 Å². The first-order valence-corrected chi connectivity index (χ1v) is 8.62. The summed E-state index contributed by atoms with van der Waals surface area (Å²) in [5.41, 5.74) is 1.35. The van der Waals surface area contributed by atoms with Crippen LogP contribution in [-0.4, -0.2) is 0 Å². The first kappa shape index (κ1) is 13.3. The molecule has 3 heteroatoms. The Morgan fingerprint density at radius 2 is 2.00 bits per heavy atom. The third-order valence-corrected chi connectivity index (χ3v) is 5.69. The molecule has 0 aliphatic heterocycles. The number of hydrogen-bond acceptors (Lipinski definition) is 2. The summed E-state index contributed by atoms with van der Waals surface area (Å²) >= 11 is 7.31. The fourth-order valence-electron chi connectivity index (χ4n) is 1.85. The van der Waals surface area contributed by atoms with E-state index in [1.807, 2.05) is 11.3 Å². The number of unbranched alkanes of at least 4 members (excludes halogenated alkanes) is 3. The maximum Gasteiger partial charge on any atom is 0.0784 e. The Kier molecular flexibility index (Phi) is 5.26. The molecular formula is C14H17BrS2. The highest BCUT2D eigenvalue weighted by Gasteiger charge is 2.07. The standard InChI is InChI=1S/C14H17BrS2/c1-2-3-4-5-6-11-7-8-13(17-11)12-9-10-16-14(12)15/h7-10H,2-6H2,1H3. The Bertz CT molecular complexity index is 456. The first-order valence-electron chi connectivity index (χ1n) is 6.13. The third-order valence-electron chi connectivity index (χ3n) is 2.82. The van der Waals surface area contributed by atoms with Crippen molar-refractivity contribution in [2.45, 2.75) is 39.0 Å². The van der Waals surface area contributed by atoms with Crippen molar-refractivity contribution in [3.8, 4) is 10.4 Å². The molecule has 2 aromatic rings. The summed E-state index contributed by atoms with van der Waals surface area (Å²) in [4.78, 5) is 2.91. The van der Waals surface area contributed by atoms with E-state index in [2.05, 4.69) is 46.4 Å². The van der Waals surface area contributed by atoms with Crippen LogP contribution < -0.4 is 0 Å². The van der Waals surface area contributed by atoms with E-state index < -0.39 is 0 Å². The predicted octanol–water partition coefficient (Wildman–Crippen LogP) is 6.36. The predicted molar refractivity (Wildman–Crippen MR) is 83.2 cm³/mol. The second-order valence-corrected chi connectivity index (χ2v) is 7.59. The SMILES string of the molecule is CCCCCCc1ccc(-c2ccsc2Br)s1. The van der Waals surface area contributed by atoms with Gasteiger partial charge in [0.2, 0.25) is 0 Å². The van der Waals surface area contributed by atoms with Crippen molar-refractivity contribution in [3.05, 3.63) is 32.2 Å². The van der Waals surface area contributed by atoms with Crippen LogP contribution >= 0.6 is 38.6 Å². The largest absolute Gasteiger partial charge is 0.140 e. The van der Waals surface area contributed by atoms with Crippen LogP contribution in [0, 0.1) is 0 Å². The lowest BCUT2D eigenvalue weighted by Crippen LogP contribution is -1.80. The minimum Gasteiger partial charge on any atom is -0.140 e. The van der Waals surface area contributed by atoms with Crippen LogP contribution in [0.25, 0.3) is 10.4 Å². The second-order valence-electron chi connectivity index (χ2n) is 4.18. The van der Waals surface area contributed by atoms with E-state index in [9.17, 15) is 0 Å². The minimum atomic E-state index is 1.24. The van der Waals surface area contributed by atoms with Crippen LogP contribution in [0.15, 0.2) is 27.4 Å². The number of aryl methyl sites for hydroxylation is 1. The first-order chi connectivity index (χ1) is 8.31. The molecule has 0 aliphatic rings. The average Bonchev–Trinajstić information content (AvgIpc) is 2.93. The molecular weight excluding hydrogens is 312 g/mol. The van der Waals surface area contributed by atoms with Crippen molar-refractivity contribution in [1.82, 2.24) is 0 Å². The fraction of sp³-hybridized carbons (Fsp3) is 0.429. The molecule has 0 aromatic carbocycles. The molecule has 0 unspecified atom stereocenters. The number of rotatable bonds is 6. The molecule has 0 aliphatic carbocycles. The van der Waals surface area contributed by atoms with Crippen molar-refractivity contribution in [1.29, 1.82) is 0 Å². The van der Waals surface area contributed by atoms with Gasteiger partial charge >= 0.3 is 0 Å². The summed E-state index contributed by atoms with van der Waals surface area (Å²) in [7, 11) is 0. The normalized spacial score (nSPS) is 10.9. The highest BCUT2D eigenvalue weighted by atomic mass is 79.9. The van der Waals surface area contributed by atoms with E-state index >= 15 is 0 Å². The Labute approximate surface area is 120 Å². The van der Waals surface area contributed by atoms with Crippen molar-refractivity contribution < 1.29 is 0 Å². The monoisotopic (exact) mass is 328 g/mol. The summed E-state index contributed by atoms with van der Waals surface area (Å²) in [5.74, 6) is 0. The van der Waals surface area contributed by atoms with Gasteiger partial charge in [-0.1, -0.05) is 26.2 Å². The summed E-state index contributed by atoms with van der Waals surface area (Å²) in [6.07, 6.45) is 6.63. The lowest BCUT2D eigenvalue weighted by atomic mass is 10.1. The Morgan fingerprint density at radius 3 is 2.71 bits per heavy atom. The number of halogens is 1. The molecule has 0 bridgehead atoms. The molecule has 17 heavy (non-hydrogen) atoms. The van der Waals surface area contributed by atoms with Crippen molar-refractivity contribution >= 4 is 38.6 Å². The summed E-state index contributed by atoms with van der Waals surface area (Å²) in [6, 6.07) is 6.74. The highest BCUT2D eigenvalue weighted by molar-refractivity contribution is 9.11. The zero-order valence-electron chi connectivity index (χ0n) is 10.0. The van der Waals surface area contributed by atoms with Crippen molar-refractivity contribution in [2.75, 3.05) is 0 Å². The molecule has 0 saturated heterocycles. The quantitative estimate of drug-likeness (QED) is 0.541. The van der Waals surface area contributed by atoms with E-state index in [-0.39, 0.29) is 0 Å². The molecule has 0 amide bonds. The Balaban J connectivity index is 1.95. The molecule has 92 valence electrons. The average molecular weight is 329 g/mol. The molecule has 2 aromatic heterocycles. The molecule has 0 saturated carbocycles. The van der Waals surface area contributed by atoms with E-state index in [0.717, 1.165) is 0 Å². The minimum absolute atomic E-state index is 1.24. The van der Waals surface area contributed by atoms with Gasteiger partial charge < -0.3 is 0 Å². The van der Waals surface area contributed by atoms with Gasteiger partial charge in [-0.2, -0.15) is 0 Å². The van der Waals surface area contributed by atoms with Gasteiger partial charge in [0.05, 0.1) is 3.79 Å². The fourth-order valence-corrected chi connectivity index (χ4v) is 4.43. The summed E-state index contributed by atoms with van der Waals surface area (Å²) in [5, 5.41) is 2.14. The molecule has 0 radical (unpaired) electrons. The molecule has 2 rings (SSSR count). The van der Waals surface area contributed by atoms with E-state index in [1.54, 1.807) is 11.3 Å². The topological polar surface area (TPSA) is 0 Å². The van der Waals surface area contributed by atoms with E-state index in [1.165, 1.54) is 51.2 Å². The number of hydrogen-bond donors (Lipinski definition) is 0.